The van der Waals surface area contributed by atoms with Crippen LogP contribution < -0.4 is 16.0 Å². The third-order valence-electron chi connectivity index (χ3n) is 0.888. The fraction of sp³-hybridized carbons (Fsp3) is 0.800. The van der Waals surface area contributed by atoms with Gasteiger partial charge in [0.25, 0.3) is 0 Å². The van der Waals surface area contributed by atoms with Gasteiger partial charge in [-0.15, -0.1) is 0 Å². The molecule has 5 heteroatoms. The van der Waals surface area contributed by atoms with Gasteiger partial charge in [0.05, 0.1) is 0 Å². The molecule has 3 N–H and O–H groups in total. The Bertz CT molecular complexity index is 93.8. The van der Waals surface area contributed by atoms with Gasteiger partial charge in [-0.05, 0) is 7.05 Å². The van der Waals surface area contributed by atoms with Gasteiger partial charge in [-0.25, -0.2) is 4.79 Å². The zero-order valence-corrected chi connectivity index (χ0v) is 6.40. The first-order chi connectivity index (χ1) is 4.31. The van der Waals surface area contributed by atoms with Gasteiger partial charge < -0.3 is 16.0 Å². The average Bonchev–Trinajstić information content (AvgIpc) is 1.89. The molecule has 4 nitrogen and oxygen atoms in total. The lowest BCUT2D eigenvalue weighted by molar-refractivity contribution is 0.243. The molecule has 10 heavy (non-hydrogen) atoms. The summed E-state index contributed by atoms with van der Waals surface area (Å²) in [6.07, 6.45) is 0. The van der Waals surface area contributed by atoms with Gasteiger partial charge in [-0.2, -0.15) is 0 Å². The summed E-state index contributed by atoms with van der Waals surface area (Å²) < 4.78 is 0. The molecule has 0 heterocycles. The number of likely N-dealkylation sites (N-methyl/N-ethyl adjacent to an activating group) is 1. The summed E-state index contributed by atoms with van der Waals surface area (Å²) in [6.45, 7) is 1.46. The summed E-state index contributed by atoms with van der Waals surface area (Å²) >= 11 is 0. The van der Waals surface area contributed by atoms with Crippen molar-refractivity contribution in [1.82, 2.24) is 16.0 Å². The van der Waals surface area contributed by atoms with E-state index in [9.17, 15) is 4.79 Å². The monoisotopic (exact) mass is 145 g/mol. The van der Waals surface area contributed by atoms with E-state index < -0.39 is 0 Å². The molecule has 0 bridgehead atoms. The van der Waals surface area contributed by atoms with Crippen LogP contribution in [0.1, 0.15) is 1.43 Å². The molecule has 0 saturated heterocycles. The Labute approximate surface area is 64.8 Å². The molecule has 2 amide bonds. The third kappa shape index (κ3) is 7.29. The number of hydrogen-bond acceptors (Lipinski definition) is 2. The average molecular weight is 145 g/mol. The number of amides is 2. The molecule has 0 fully saturated rings. The Morgan fingerprint density at radius 2 is 2.00 bits per heavy atom. The van der Waals surface area contributed by atoms with Gasteiger partial charge in [-0.1, -0.05) is 0 Å². The minimum atomic E-state index is -0.134. The van der Waals surface area contributed by atoms with Crippen LogP contribution in [0.15, 0.2) is 0 Å². The molecule has 0 aromatic carbocycles. The number of carbonyl (C=O) groups is 1. The maximum atomic E-state index is 10.4. The topological polar surface area (TPSA) is 53.2 Å². The number of carbonyl (C=O) groups excluding carboxylic acids is 1. The fourth-order valence-electron chi connectivity index (χ4n) is 0.389. The highest BCUT2D eigenvalue weighted by Crippen LogP contribution is 1.58. The molecule has 0 aromatic rings. The first-order valence-corrected chi connectivity index (χ1v) is 2.91. The minimum absolute atomic E-state index is 0. The molecule has 59 valence electrons. The van der Waals surface area contributed by atoms with Crippen molar-refractivity contribution in [2.75, 3.05) is 27.2 Å². The van der Waals surface area contributed by atoms with Crippen molar-refractivity contribution in [3.63, 3.8) is 0 Å². The molecule has 0 unspecified atom stereocenters. The number of hydrogen-bond donors (Lipinski definition) is 3. The van der Waals surface area contributed by atoms with Crippen LogP contribution in [-0.2, 0) is 0 Å². The Morgan fingerprint density at radius 3 is 2.40 bits per heavy atom. The van der Waals surface area contributed by atoms with Crippen LogP contribution in [0.5, 0.6) is 0 Å². The molecule has 0 aliphatic carbocycles. The van der Waals surface area contributed by atoms with E-state index in [2.05, 4.69) is 16.0 Å². The van der Waals surface area contributed by atoms with Crippen molar-refractivity contribution in [3.8, 4) is 0 Å². The maximum absolute atomic E-state index is 10.4. The second kappa shape index (κ2) is 8.29. The largest absolute Gasteiger partial charge is 0.341 e. The summed E-state index contributed by atoms with van der Waals surface area (Å²) in [4.78, 5) is 10.4. The molecule has 3 radical (unpaired) electrons. The van der Waals surface area contributed by atoms with E-state index in [1.54, 1.807) is 7.05 Å². The van der Waals surface area contributed by atoms with Crippen LogP contribution in [0.2, 0.25) is 0 Å². The molecular formula is C5H15BN3O. The SMILES string of the molecule is CNCCNC(=O)NC.[2HH].[B]. The predicted octanol–water partition coefficient (Wildman–Crippen LogP) is -1.000. The van der Waals surface area contributed by atoms with Crippen LogP contribution in [0.4, 0.5) is 4.79 Å². The van der Waals surface area contributed by atoms with Gasteiger partial charge in [0.1, 0.15) is 0 Å². The fourth-order valence-corrected chi connectivity index (χ4v) is 0.389. The summed E-state index contributed by atoms with van der Waals surface area (Å²) in [5, 5.41) is 7.97. The van der Waals surface area contributed by atoms with Gasteiger partial charge in [0, 0.05) is 30.0 Å². The molecule has 0 spiro atoms. The molecular weight excluding hydrogens is 129 g/mol. The minimum Gasteiger partial charge on any atom is -0.341 e. The van der Waals surface area contributed by atoms with E-state index in [0.717, 1.165) is 6.54 Å². The van der Waals surface area contributed by atoms with Crippen LogP contribution in [0.3, 0.4) is 0 Å². The molecule has 0 atom stereocenters. The van der Waals surface area contributed by atoms with E-state index in [-0.39, 0.29) is 15.9 Å². The van der Waals surface area contributed by atoms with Gasteiger partial charge in [-0.3, -0.25) is 0 Å². The quantitative estimate of drug-likeness (QED) is 0.352. The lowest BCUT2D eigenvalue weighted by Crippen LogP contribution is -2.36. The first-order valence-electron chi connectivity index (χ1n) is 2.91. The number of nitrogens with one attached hydrogen (secondary N) is 3. The standard InChI is InChI=1S/C5H13N3O.B.H2/c1-6-3-4-8-5(9)7-2;;/h6H,3-4H2,1-2H3,(H2,7,8,9);;1H/i;;1+1. The lowest BCUT2D eigenvalue weighted by Gasteiger charge is -2.01. The summed E-state index contributed by atoms with van der Waals surface area (Å²) in [7, 11) is 3.43. The number of urea groups is 1. The Morgan fingerprint density at radius 1 is 1.40 bits per heavy atom. The first kappa shape index (κ1) is 12.0. The van der Waals surface area contributed by atoms with Gasteiger partial charge in [0.15, 0.2) is 0 Å². The maximum Gasteiger partial charge on any atom is 0.314 e. The van der Waals surface area contributed by atoms with Gasteiger partial charge in [0.2, 0.25) is 0 Å². The predicted molar refractivity (Wildman–Crippen MR) is 44.3 cm³/mol. The third-order valence-corrected chi connectivity index (χ3v) is 0.888. The summed E-state index contributed by atoms with van der Waals surface area (Å²) in [5.41, 5.74) is 0. The summed E-state index contributed by atoms with van der Waals surface area (Å²) in [5.74, 6) is 0. The van der Waals surface area contributed by atoms with E-state index in [4.69, 9.17) is 0 Å². The Balaban J connectivity index is -0.000000320. The zero-order valence-electron chi connectivity index (χ0n) is 6.40. The van der Waals surface area contributed by atoms with Crippen LogP contribution >= 0.6 is 0 Å². The molecule has 0 aliphatic rings. The van der Waals surface area contributed by atoms with Crippen LogP contribution in [-0.4, -0.2) is 41.6 Å². The van der Waals surface area contributed by atoms with Crippen molar-refractivity contribution in [2.45, 2.75) is 0 Å². The highest BCUT2D eigenvalue weighted by molar-refractivity contribution is 5.75. The van der Waals surface area contributed by atoms with Crippen molar-refractivity contribution in [2.24, 2.45) is 0 Å². The molecule has 0 aliphatic heterocycles. The van der Waals surface area contributed by atoms with E-state index >= 15 is 0 Å². The molecule has 0 rings (SSSR count). The smallest absolute Gasteiger partial charge is 0.314 e. The highest BCUT2D eigenvalue weighted by Gasteiger charge is 1.90. The zero-order chi connectivity index (χ0) is 7.11. The summed E-state index contributed by atoms with van der Waals surface area (Å²) in [6, 6.07) is -0.134. The van der Waals surface area contributed by atoms with Gasteiger partial charge >= 0.3 is 6.03 Å². The van der Waals surface area contributed by atoms with Crippen molar-refractivity contribution in [1.29, 1.82) is 0 Å². The highest BCUT2D eigenvalue weighted by atomic mass is 16.2. The second-order valence-electron chi connectivity index (χ2n) is 1.61. The van der Waals surface area contributed by atoms with Crippen LogP contribution in [0, 0.1) is 0 Å². The van der Waals surface area contributed by atoms with Crippen molar-refractivity contribution >= 4 is 14.4 Å². The van der Waals surface area contributed by atoms with Crippen molar-refractivity contribution in [3.05, 3.63) is 0 Å². The second-order valence-corrected chi connectivity index (χ2v) is 1.61. The Hall–Kier alpha value is -0.705. The normalized spacial score (nSPS) is 7.80. The van der Waals surface area contributed by atoms with E-state index in [1.165, 1.54) is 0 Å². The molecule has 0 aromatic heterocycles. The molecule has 0 saturated carbocycles. The van der Waals surface area contributed by atoms with Crippen molar-refractivity contribution < 1.29 is 6.22 Å². The van der Waals surface area contributed by atoms with E-state index in [0.29, 0.717) is 6.54 Å². The lowest BCUT2D eigenvalue weighted by atomic mass is 10.6. The Kier molecular flexibility index (Phi) is 9.97. The number of rotatable bonds is 3. The van der Waals surface area contributed by atoms with E-state index in [1.807, 2.05) is 7.05 Å². The van der Waals surface area contributed by atoms with Crippen LogP contribution in [0.25, 0.3) is 0 Å².